The van der Waals surface area contributed by atoms with Crippen molar-refractivity contribution >= 4 is 0 Å². The summed E-state index contributed by atoms with van der Waals surface area (Å²) in [4.78, 5) is 8.92. The number of nitriles is 2. The average Bonchev–Trinajstić information content (AvgIpc) is 2.16. The van der Waals surface area contributed by atoms with Crippen molar-refractivity contribution in [1.29, 1.82) is 10.5 Å². The van der Waals surface area contributed by atoms with Crippen molar-refractivity contribution in [1.82, 2.24) is 0 Å². The van der Waals surface area contributed by atoms with Crippen LogP contribution in [0.25, 0.3) is 0 Å². The van der Waals surface area contributed by atoms with Gasteiger partial charge in [0, 0.05) is 0 Å². The zero-order valence-electron chi connectivity index (χ0n) is 7.28. The first kappa shape index (κ1) is 13.2. The van der Waals surface area contributed by atoms with Gasteiger partial charge >= 0.3 is 0 Å². The average molecular weight is 168 g/mol. The molecule has 0 bridgehead atoms. The second kappa shape index (κ2) is 9.64. The second-order valence-electron chi connectivity index (χ2n) is 1.74. The molecule has 4 nitrogen and oxygen atoms in total. The van der Waals surface area contributed by atoms with Crippen molar-refractivity contribution in [3.8, 4) is 12.1 Å². The smallest absolute Gasteiger partial charge is 0.176 e. The Morgan fingerprint density at radius 1 is 1.00 bits per heavy atom. The Labute approximate surface area is 72.6 Å². The highest BCUT2D eigenvalue weighted by atomic mass is 17.2. The molecule has 0 aromatic carbocycles. The molecule has 0 aliphatic carbocycles. The molecule has 0 fully saturated rings. The van der Waals surface area contributed by atoms with Gasteiger partial charge in [0.2, 0.25) is 0 Å². The molecule has 0 aromatic rings. The van der Waals surface area contributed by atoms with Crippen LogP contribution in [0.1, 0.15) is 13.8 Å². The van der Waals surface area contributed by atoms with E-state index in [2.05, 4.69) is 22.9 Å². The summed E-state index contributed by atoms with van der Waals surface area (Å²) in [5, 5.41) is 16.4. The predicted molar refractivity (Wildman–Crippen MR) is 43.6 cm³/mol. The molecule has 2 unspecified atom stereocenters. The van der Waals surface area contributed by atoms with Crippen LogP contribution in [0.4, 0.5) is 0 Å². The van der Waals surface area contributed by atoms with Gasteiger partial charge in [0.1, 0.15) is 0 Å². The predicted octanol–water partition coefficient (Wildman–Crippen LogP) is 1.56. The summed E-state index contributed by atoms with van der Waals surface area (Å²) in [5.74, 6) is 0. The van der Waals surface area contributed by atoms with Gasteiger partial charge < -0.3 is 0 Å². The van der Waals surface area contributed by atoms with E-state index in [-0.39, 0.29) is 0 Å². The molecule has 0 amide bonds. The largest absolute Gasteiger partial charge is 0.217 e. The van der Waals surface area contributed by atoms with Gasteiger partial charge in [-0.05, 0) is 13.8 Å². The fourth-order valence-electron chi connectivity index (χ4n) is 0.210. The van der Waals surface area contributed by atoms with Gasteiger partial charge in [-0.25, -0.2) is 9.78 Å². The Balaban J connectivity index is 0. The first-order chi connectivity index (χ1) is 5.70. The van der Waals surface area contributed by atoms with E-state index in [1.807, 2.05) is 0 Å². The van der Waals surface area contributed by atoms with Gasteiger partial charge in [-0.15, -0.1) is 13.2 Å². The SMILES string of the molecule is C=C.CC(C#N)OOC(C)C#N. The highest BCUT2D eigenvalue weighted by Crippen LogP contribution is 1.93. The summed E-state index contributed by atoms with van der Waals surface area (Å²) in [6.07, 6.45) is -1.26. The van der Waals surface area contributed by atoms with Crippen LogP contribution in [-0.4, -0.2) is 12.2 Å². The van der Waals surface area contributed by atoms with Crippen LogP contribution in [-0.2, 0) is 9.78 Å². The van der Waals surface area contributed by atoms with Crippen LogP contribution in [0.5, 0.6) is 0 Å². The van der Waals surface area contributed by atoms with Gasteiger partial charge in [0.15, 0.2) is 12.2 Å². The summed E-state index contributed by atoms with van der Waals surface area (Å²) >= 11 is 0. The number of rotatable bonds is 3. The quantitative estimate of drug-likeness (QED) is 0.364. The van der Waals surface area contributed by atoms with Crippen molar-refractivity contribution < 1.29 is 9.78 Å². The van der Waals surface area contributed by atoms with Crippen molar-refractivity contribution in [2.75, 3.05) is 0 Å². The first-order valence-corrected chi connectivity index (χ1v) is 3.32. The van der Waals surface area contributed by atoms with Gasteiger partial charge in [0.05, 0.1) is 12.1 Å². The highest BCUT2D eigenvalue weighted by molar-refractivity contribution is 4.80. The van der Waals surface area contributed by atoms with Gasteiger partial charge in [0.25, 0.3) is 0 Å². The monoisotopic (exact) mass is 168 g/mol. The fraction of sp³-hybridized carbons (Fsp3) is 0.500. The molecule has 4 heteroatoms. The molecule has 0 aliphatic heterocycles. The van der Waals surface area contributed by atoms with E-state index in [0.29, 0.717) is 0 Å². The van der Waals surface area contributed by atoms with Crippen molar-refractivity contribution in [3.05, 3.63) is 13.2 Å². The molecule has 0 N–H and O–H groups in total. The van der Waals surface area contributed by atoms with Crippen LogP contribution >= 0.6 is 0 Å². The Morgan fingerprint density at radius 2 is 1.25 bits per heavy atom. The van der Waals surface area contributed by atoms with E-state index < -0.39 is 12.2 Å². The molecule has 0 aromatic heterocycles. The molecule has 66 valence electrons. The van der Waals surface area contributed by atoms with Crippen LogP contribution in [0.3, 0.4) is 0 Å². The number of hydrogen-bond acceptors (Lipinski definition) is 4. The summed E-state index contributed by atoms with van der Waals surface area (Å²) in [6.45, 7) is 9.06. The molecular formula is C8H12N2O2. The number of nitrogens with zero attached hydrogens (tertiary/aromatic N) is 2. The third kappa shape index (κ3) is 8.64. The van der Waals surface area contributed by atoms with E-state index in [1.165, 1.54) is 13.8 Å². The number of hydrogen-bond donors (Lipinski definition) is 0. The van der Waals surface area contributed by atoms with E-state index in [0.717, 1.165) is 0 Å². The van der Waals surface area contributed by atoms with E-state index in [9.17, 15) is 0 Å². The summed E-state index contributed by atoms with van der Waals surface area (Å²) in [6, 6.07) is 3.58. The minimum absolute atomic E-state index is 0.629. The lowest BCUT2D eigenvalue weighted by Crippen LogP contribution is -2.11. The summed E-state index contributed by atoms with van der Waals surface area (Å²) in [5.41, 5.74) is 0. The minimum Gasteiger partial charge on any atom is -0.217 e. The van der Waals surface area contributed by atoms with E-state index in [1.54, 1.807) is 12.1 Å². The Morgan fingerprint density at radius 3 is 1.42 bits per heavy atom. The molecular weight excluding hydrogens is 156 g/mol. The Bertz CT molecular complexity index is 160. The van der Waals surface area contributed by atoms with Crippen LogP contribution in [0.15, 0.2) is 13.2 Å². The zero-order chi connectivity index (χ0) is 9.98. The molecule has 0 radical (unpaired) electrons. The molecule has 0 heterocycles. The van der Waals surface area contributed by atoms with Crippen molar-refractivity contribution in [3.63, 3.8) is 0 Å². The topological polar surface area (TPSA) is 66.0 Å². The lowest BCUT2D eigenvalue weighted by molar-refractivity contribution is -0.322. The standard InChI is InChI=1S/C6H8N2O2.C2H4/c1-5(3-7)9-10-6(2)4-8;1-2/h5-6H,1-2H3;1-2H2. The van der Waals surface area contributed by atoms with Crippen LogP contribution in [0, 0.1) is 22.7 Å². The van der Waals surface area contributed by atoms with Gasteiger partial charge in [-0.1, -0.05) is 0 Å². The lowest BCUT2D eigenvalue weighted by atomic mass is 10.5. The highest BCUT2D eigenvalue weighted by Gasteiger charge is 2.03. The van der Waals surface area contributed by atoms with Crippen molar-refractivity contribution in [2.24, 2.45) is 0 Å². The molecule has 0 saturated carbocycles. The zero-order valence-corrected chi connectivity index (χ0v) is 7.28. The van der Waals surface area contributed by atoms with Crippen LogP contribution in [0.2, 0.25) is 0 Å². The van der Waals surface area contributed by atoms with E-state index >= 15 is 0 Å². The fourth-order valence-corrected chi connectivity index (χ4v) is 0.210. The summed E-state index contributed by atoms with van der Waals surface area (Å²) < 4.78 is 0. The summed E-state index contributed by atoms with van der Waals surface area (Å²) in [7, 11) is 0. The van der Waals surface area contributed by atoms with Gasteiger partial charge in [-0.2, -0.15) is 10.5 Å². The molecule has 2 atom stereocenters. The molecule has 0 spiro atoms. The molecule has 0 aliphatic rings. The maximum absolute atomic E-state index is 8.18. The molecule has 0 rings (SSSR count). The van der Waals surface area contributed by atoms with Crippen LogP contribution < -0.4 is 0 Å². The maximum Gasteiger partial charge on any atom is 0.176 e. The maximum atomic E-state index is 8.18. The van der Waals surface area contributed by atoms with Gasteiger partial charge in [-0.3, -0.25) is 0 Å². The Hall–Kier alpha value is -1.36. The molecule has 12 heavy (non-hydrogen) atoms. The second-order valence-corrected chi connectivity index (χ2v) is 1.74. The third-order valence-electron chi connectivity index (χ3n) is 0.708. The van der Waals surface area contributed by atoms with Crippen molar-refractivity contribution in [2.45, 2.75) is 26.1 Å². The molecule has 0 saturated heterocycles. The lowest BCUT2D eigenvalue weighted by Gasteiger charge is -2.04. The normalized spacial score (nSPS) is 12.7. The first-order valence-electron chi connectivity index (χ1n) is 3.32. The third-order valence-corrected chi connectivity index (χ3v) is 0.708. The minimum atomic E-state index is -0.629. The van der Waals surface area contributed by atoms with E-state index in [4.69, 9.17) is 10.5 Å². The Kier molecular flexibility index (Phi) is 10.6.